The average Bonchev–Trinajstić information content (AvgIpc) is 3.43. The van der Waals surface area contributed by atoms with Gasteiger partial charge in [-0.2, -0.15) is 13.2 Å². The molecule has 4 nitrogen and oxygen atoms in total. The van der Waals surface area contributed by atoms with E-state index in [4.69, 9.17) is 4.74 Å². The molecule has 2 aliphatic rings. The first kappa shape index (κ1) is 20.0. The highest BCUT2D eigenvalue weighted by atomic mass is 19.4. The molecule has 1 spiro atoms. The first-order chi connectivity index (χ1) is 14.8. The highest BCUT2D eigenvalue weighted by Crippen LogP contribution is 2.63. The number of anilines is 1. The molecule has 1 aromatic heterocycles. The number of benzene rings is 2. The lowest BCUT2D eigenvalue weighted by atomic mass is 9.71. The van der Waals surface area contributed by atoms with Crippen molar-refractivity contribution in [2.45, 2.75) is 38.3 Å². The van der Waals surface area contributed by atoms with Gasteiger partial charge in [-0.3, -0.25) is 4.79 Å². The Morgan fingerprint density at radius 1 is 1.13 bits per heavy atom. The summed E-state index contributed by atoms with van der Waals surface area (Å²) in [5.74, 6) is 0.611. The molecule has 162 valence electrons. The third-order valence-corrected chi connectivity index (χ3v) is 6.53. The fraction of sp³-hybridized carbons (Fsp3) is 0.375. The number of rotatable bonds is 6. The maximum atomic E-state index is 12.6. The second kappa shape index (κ2) is 7.32. The second-order valence-corrected chi connectivity index (χ2v) is 8.80. The van der Waals surface area contributed by atoms with E-state index in [1.807, 2.05) is 24.4 Å². The van der Waals surface area contributed by atoms with Crippen LogP contribution >= 0.6 is 0 Å². The van der Waals surface area contributed by atoms with Gasteiger partial charge in [0.1, 0.15) is 5.75 Å². The molecule has 0 saturated heterocycles. The summed E-state index contributed by atoms with van der Waals surface area (Å²) >= 11 is 0. The first-order valence-corrected chi connectivity index (χ1v) is 10.5. The summed E-state index contributed by atoms with van der Waals surface area (Å²) in [6, 6.07) is 10.6. The Kier molecular flexibility index (Phi) is 4.72. The van der Waals surface area contributed by atoms with Gasteiger partial charge in [0.2, 0.25) is 5.91 Å². The lowest BCUT2D eigenvalue weighted by Crippen LogP contribution is -2.35. The van der Waals surface area contributed by atoms with E-state index in [0.717, 1.165) is 47.1 Å². The summed E-state index contributed by atoms with van der Waals surface area (Å²) in [6.45, 7) is 0.340. The number of ether oxygens (including phenoxy) is 1. The fourth-order valence-corrected chi connectivity index (χ4v) is 4.44. The van der Waals surface area contributed by atoms with E-state index in [-0.39, 0.29) is 11.8 Å². The molecule has 0 atom stereocenters. The zero-order valence-corrected chi connectivity index (χ0v) is 16.9. The summed E-state index contributed by atoms with van der Waals surface area (Å²) in [4.78, 5) is 15.7. The monoisotopic (exact) mass is 428 g/mol. The van der Waals surface area contributed by atoms with Crippen molar-refractivity contribution in [3.05, 3.63) is 59.8 Å². The van der Waals surface area contributed by atoms with Gasteiger partial charge in [-0.05, 0) is 73.1 Å². The molecule has 3 aromatic rings. The minimum Gasteiger partial charge on any atom is -0.493 e. The minimum atomic E-state index is -4.35. The van der Waals surface area contributed by atoms with E-state index in [2.05, 4.69) is 10.3 Å². The van der Waals surface area contributed by atoms with Crippen molar-refractivity contribution in [1.82, 2.24) is 4.98 Å². The lowest BCUT2D eigenvalue weighted by molar-refractivity contribution is -0.137. The van der Waals surface area contributed by atoms with Gasteiger partial charge in [0.15, 0.2) is 0 Å². The number of aromatic amines is 1. The average molecular weight is 428 g/mol. The molecule has 0 radical (unpaired) electrons. The molecular formula is C24H23F3N2O2. The maximum absolute atomic E-state index is 12.6. The Morgan fingerprint density at radius 2 is 1.87 bits per heavy atom. The third-order valence-electron chi connectivity index (χ3n) is 6.53. The summed E-state index contributed by atoms with van der Waals surface area (Å²) in [5, 5.41) is 4.01. The van der Waals surface area contributed by atoms with E-state index >= 15 is 0 Å². The first-order valence-electron chi connectivity index (χ1n) is 10.5. The summed E-state index contributed by atoms with van der Waals surface area (Å²) < 4.78 is 43.5. The van der Waals surface area contributed by atoms with Crippen LogP contribution in [-0.4, -0.2) is 17.5 Å². The lowest BCUT2D eigenvalue weighted by Gasteiger charge is -2.34. The predicted molar refractivity (Wildman–Crippen MR) is 112 cm³/mol. The largest absolute Gasteiger partial charge is 0.493 e. The number of carbonyl (C=O) groups excluding carboxylic acids is 1. The Morgan fingerprint density at radius 3 is 2.55 bits per heavy atom. The second-order valence-electron chi connectivity index (χ2n) is 8.80. The van der Waals surface area contributed by atoms with Crippen LogP contribution in [0.4, 0.5) is 18.9 Å². The Bertz CT molecular complexity index is 1110. The molecular weight excluding hydrogens is 405 g/mol. The van der Waals surface area contributed by atoms with Crippen LogP contribution in [0.5, 0.6) is 5.75 Å². The maximum Gasteiger partial charge on any atom is 0.416 e. The van der Waals surface area contributed by atoms with Crippen LogP contribution in [0.3, 0.4) is 0 Å². The Labute approximate surface area is 177 Å². The van der Waals surface area contributed by atoms with Crippen molar-refractivity contribution < 1.29 is 22.7 Å². The molecule has 31 heavy (non-hydrogen) atoms. The van der Waals surface area contributed by atoms with E-state index in [1.54, 1.807) is 0 Å². The van der Waals surface area contributed by atoms with Crippen LogP contribution in [0.1, 0.15) is 36.8 Å². The smallest absolute Gasteiger partial charge is 0.416 e. The number of nitrogens with one attached hydrogen (secondary N) is 2. The van der Waals surface area contributed by atoms with Crippen LogP contribution in [0.25, 0.3) is 10.9 Å². The van der Waals surface area contributed by atoms with Gasteiger partial charge >= 0.3 is 6.18 Å². The van der Waals surface area contributed by atoms with Crippen molar-refractivity contribution in [2.75, 3.05) is 11.9 Å². The molecule has 2 aliphatic carbocycles. The number of H-pyrrole nitrogens is 1. The highest BCUT2D eigenvalue weighted by molar-refractivity contribution is 6.02. The molecule has 2 aromatic carbocycles. The normalized spacial score (nSPS) is 17.5. The third kappa shape index (κ3) is 4.13. The van der Waals surface area contributed by atoms with Gasteiger partial charge in [-0.25, -0.2) is 0 Å². The zero-order valence-electron chi connectivity index (χ0n) is 16.9. The van der Waals surface area contributed by atoms with Crippen molar-refractivity contribution >= 4 is 22.5 Å². The number of hydrogen-bond donors (Lipinski definition) is 2. The quantitative estimate of drug-likeness (QED) is 0.511. The van der Waals surface area contributed by atoms with Crippen molar-refractivity contribution in [2.24, 2.45) is 11.3 Å². The molecule has 5 rings (SSSR count). The predicted octanol–water partition coefficient (Wildman–Crippen LogP) is 5.94. The van der Waals surface area contributed by atoms with Crippen LogP contribution < -0.4 is 10.1 Å². The molecule has 1 amide bonds. The molecule has 7 heteroatoms. The van der Waals surface area contributed by atoms with Crippen LogP contribution in [0.2, 0.25) is 0 Å². The van der Waals surface area contributed by atoms with Gasteiger partial charge in [0.05, 0.1) is 17.9 Å². The molecule has 2 N–H and O–H groups in total. The van der Waals surface area contributed by atoms with E-state index in [0.29, 0.717) is 24.2 Å². The van der Waals surface area contributed by atoms with Gasteiger partial charge in [-0.1, -0.05) is 6.07 Å². The Hall–Kier alpha value is -2.96. The van der Waals surface area contributed by atoms with Crippen molar-refractivity contribution in [1.29, 1.82) is 0 Å². The molecule has 0 unspecified atom stereocenters. The van der Waals surface area contributed by atoms with Crippen LogP contribution in [0.15, 0.2) is 48.7 Å². The van der Waals surface area contributed by atoms with Crippen LogP contribution in [0, 0.1) is 11.3 Å². The molecule has 2 fully saturated rings. The van der Waals surface area contributed by atoms with Gasteiger partial charge in [0, 0.05) is 29.4 Å². The minimum absolute atomic E-state index is 0.0921. The van der Waals surface area contributed by atoms with Crippen molar-refractivity contribution in [3.8, 4) is 5.75 Å². The van der Waals surface area contributed by atoms with Crippen molar-refractivity contribution in [3.63, 3.8) is 0 Å². The number of carbonyl (C=O) groups is 1. The van der Waals surface area contributed by atoms with Gasteiger partial charge < -0.3 is 15.0 Å². The fourth-order valence-electron chi connectivity index (χ4n) is 4.44. The van der Waals surface area contributed by atoms with E-state index < -0.39 is 11.7 Å². The Balaban J connectivity index is 1.19. The molecule has 2 saturated carbocycles. The zero-order chi connectivity index (χ0) is 21.6. The number of hydrogen-bond acceptors (Lipinski definition) is 2. The van der Waals surface area contributed by atoms with E-state index in [1.165, 1.54) is 25.0 Å². The summed E-state index contributed by atoms with van der Waals surface area (Å²) in [7, 11) is 0. The van der Waals surface area contributed by atoms with Gasteiger partial charge in [-0.15, -0.1) is 0 Å². The summed E-state index contributed by atoms with van der Waals surface area (Å²) in [5.41, 5.74) is 2.54. The molecule has 1 heterocycles. The number of alkyl halides is 3. The number of halogens is 3. The topological polar surface area (TPSA) is 54.1 Å². The highest BCUT2D eigenvalue weighted by Gasteiger charge is 2.54. The SMILES string of the molecule is O=C(Nc1c[nH]c2ccc(CCOc3ccc(C(F)(F)F)cc3)cc12)C1CC2(CC2)C1. The summed E-state index contributed by atoms with van der Waals surface area (Å²) in [6.07, 6.45) is 2.61. The van der Waals surface area contributed by atoms with E-state index in [9.17, 15) is 18.0 Å². The van der Waals surface area contributed by atoms with Gasteiger partial charge in [0.25, 0.3) is 0 Å². The molecule has 0 bridgehead atoms. The van der Waals surface area contributed by atoms with Crippen LogP contribution in [-0.2, 0) is 17.4 Å². The molecule has 0 aliphatic heterocycles. The number of fused-ring (bicyclic) bond motifs is 1. The number of amides is 1. The number of aromatic nitrogens is 1. The standard InChI is InChI=1S/C24H23F3N2O2/c25-24(26,27)17-2-4-18(5-3-17)31-10-7-15-1-6-20-19(11-15)21(14-28-20)29-22(30)16-12-23(13-16)8-9-23/h1-6,11,14,16,28H,7-10,12-13H2,(H,29,30).